The summed E-state index contributed by atoms with van der Waals surface area (Å²) in [5, 5.41) is 26.7. The summed E-state index contributed by atoms with van der Waals surface area (Å²) in [5.41, 5.74) is 0. The van der Waals surface area contributed by atoms with E-state index in [0.717, 1.165) is 23.7 Å². The second kappa shape index (κ2) is 11.7. The van der Waals surface area contributed by atoms with E-state index in [9.17, 15) is 0 Å². The van der Waals surface area contributed by atoms with Gasteiger partial charge in [0.05, 0.1) is 12.7 Å². The SMILES string of the molecule is CC(CO)CSCC(C)CCSCC(O)CO. The van der Waals surface area contributed by atoms with Gasteiger partial charge in [0.2, 0.25) is 0 Å². The minimum atomic E-state index is -0.574. The lowest BCUT2D eigenvalue weighted by Crippen LogP contribution is -2.15. The largest absolute Gasteiger partial charge is 0.396 e. The van der Waals surface area contributed by atoms with Crippen molar-refractivity contribution in [2.75, 3.05) is 36.2 Å². The van der Waals surface area contributed by atoms with Gasteiger partial charge < -0.3 is 15.3 Å². The predicted molar refractivity (Wildman–Crippen MR) is 77.8 cm³/mol. The van der Waals surface area contributed by atoms with E-state index in [-0.39, 0.29) is 13.2 Å². The number of thioether (sulfide) groups is 2. The van der Waals surface area contributed by atoms with Crippen molar-refractivity contribution in [1.29, 1.82) is 0 Å². The number of aliphatic hydroxyl groups is 3. The molecule has 0 bridgehead atoms. The molecule has 0 radical (unpaired) electrons. The van der Waals surface area contributed by atoms with E-state index >= 15 is 0 Å². The van der Waals surface area contributed by atoms with Crippen LogP contribution >= 0.6 is 23.5 Å². The summed E-state index contributed by atoms with van der Waals surface area (Å²) in [6, 6.07) is 0. The molecule has 0 spiro atoms. The lowest BCUT2D eigenvalue weighted by Gasteiger charge is -2.13. The second-order valence-electron chi connectivity index (χ2n) is 4.63. The van der Waals surface area contributed by atoms with Gasteiger partial charge in [-0.25, -0.2) is 0 Å². The molecule has 0 aromatic rings. The molecule has 0 saturated heterocycles. The maximum atomic E-state index is 9.15. The highest BCUT2D eigenvalue weighted by atomic mass is 32.2. The maximum Gasteiger partial charge on any atom is 0.0861 e. The normalized spacial score (nSPS) is 16.8. The third kappa shape index (κ3) is 11.4. The topological polar surface area (TPSA) is 60.7 Å². The Hall–Kier alpha value is 0.580. The molecule has 0 fully saturated rings. The Morgan fingerprint density at radius 1 is 0.882 bits per heavy atom. The minimum Gasteiger partial charge on any atom is -0.396 e. The fourth-order valence-corrected chi connectivity index (χ4v) is 3.49. The summed E-state index contributed by atoms with van der Waals surface area (Å²) in [6.07, 6.45) is 0.568. The molecule has 3 unspecified atom stereocenters. The molecule has 0 amide bonds. The molecule has 0 aliphatic rings. The van der Waals surface area contributed by atoms with Gasteiger partial charge in [-0.2, -0.15) is 23.5 Å². The Labute approximate surface area is 113 Å². The van der Waals surface area contributed by atoms with Gasteiger partial charge in [0, 0.05) is 12.4 Å². The molecular formula is C12H26O3S2. The smallest absolute Gasteiger partial charge is 0.0861 e. The average molecular weight is 282 g/mol. The molecule has 3 nitrogen and oxygen atoms in total. The predicted octanol–water partition coefficient (Wildman–Crippen LogP) is 1.46. The summed E-state index contributed by atoms with van der Waals surface area (Å²) in [7, 11) is 0. The van der Waals surface area contributed by atoms with Crippen LogP contribution in [0, 0.1) is 11.8 Å². The van der Waals surface area contributed by atoms with Crippen LogP contribution in [0.2, 0.25) is 0 Å². The van der Waals surface area contributed by atoms with E-state index in [2.05, 4.69) is 13.8 Å². The monoisotopic (exact) mass is 282 g/mol. The van der Waals surface area contributed by atoms with Gasteiger partial charge in [0.15, 0.2) is 0 Å². The van der Waals surface area contributed by atoms with E-state index in [1.54, 1.807) is 11.8 Å². The molecule has 0 aliphatic heterocycles. The lowest BCUT2D eigenvalue weighted by molar-refractivity contribution is 0.113. The van der Waals surface area contributed by atoms with Crippen LogP contribution < -0.4 is 0 Å². The van der Waals surface area contributed by atoms with Crippen LogP contribution in [0.25, 0.3) is 0 Å². The van der Waals surface area contributed by atoms with E-state index in [1.807, 2.05) is 11.8 Å². The van der Waals surface area contributed by atoms with Crippen LogP contribution in [-0.4, -0.2) is 57.6 Å². The molecule has 104 valence electrons. The second-order valence-corrected chi connectivity index (χ2v) is 6.86. The van der Waals surface area contributed by atoms with Crippen LogP contribution in [0.4, 0.5) is 0 Å². The van der Waals surface area contributed by atoms with Crippen LogP contribution in [0.3, 0.4) is 0 Å². The number of aliphatic hydroxyl groups excluding tert-OH is 3. The van der Waals surface area contributed by atoms with Crippen molar-refractivity contribution in [3.8, 4) is 0 Å². The molecule has 3 atom stereocenters. The zero-order valence-corrected chi connectivity index (χ0v) is 12.5. The van der Waals surface area contributed by atoms with E-state index in [4.69, 9.17) is 15.3 Å². The molecule has 0 aliphatic carbocycles. The standard InChI is InChI=1S/C12H26O3S2/c1-10(7-17-8-11(2)5-13)3-4-16-9-12(15)6-14/h10-15H,3-9H2,1-2H3. The molecule has 0 heterocycles. The minimum absolute atomic E-state index is 0.141. The van der Waals surface area contributed by atoms with Crippen LogP contribution in [-0.2, 0) is 0 Å². The summed E-state index contributed by atoms with van der Waals surface area (Å²) in [4.78, 5) is 0. The molecule has 0 aromatic heterocycles. The average Bonchev–Trinajstić information content (AvgIpc) is 2.33. The molecule has 17 heavy (non-hydrogen) atoms. The summed E-state index contributed by atoms with van der Waals surface area (Å²) in [5.74, 6) is 4.88. The van der Waals surface area contributed by atoms with Gasteiger partial charge in [-0.1, -0.05) is 13.8 Å². The molecule has 0 aromatic carbocycles. The van der Waals surface area contributed by atoms with Crippen molar-refractivity contribution in [2.45, 2.75) is 26.4 Å². The van der Waals surface area contributed by atoms with Gasteiger partial charge >= 0.3 is 0 Å². The van der Waals surface area contributed by atoms with E-state index in [0.29, 0.717) is 17.6 Å². The van der Waals surface area contributed by atoms with Crippen LogP contribution in [0.5, 0.6) is 0 Å². The third-order valence-corrected chi connectivity index (χ3v) is 5.15. The van der Waals surface area contributed by atoms with Crippen molar-refractivity contribution in [3.05, 3.63) is 0 Å². The molecular weight excluding hydrogens is 256 g/mol. The molecule has 0 rings (SSSR count). The molecule has 0 saturated carbocycles. The first-order chi connectivity index (χ1) is 8.10. The Balaban J connectivity index is 3.31. The van der Waals surface area contributed by atoms with Crippen molar-refractivity contribution < 1.29 is 15.3 Å². The highest BCUT2D eigenvalue weighted by Gasteiger charge is 2.06. The zero-order chi connectivity index (χ0) is 13.1. The number of hydrogen-bond acceptors (Lipinski definition) is 5. The highest BCUT2D eigenvalue weighted by molar-refractivity contribution is 7.99. The first-order valence-electron chi connectivity index (χ1n) is 6.15. The Kier molecular flexibility index (Phi) is 12.1. The van der Waals surface area contributed by atoms with Crippen LogP contribution in [0.15, 0.2) is 0 Å². The Bertz CT molecular complexity index is 170. The quantitative estimate of drug-likeness (QED) is 0.501. The Morgan fingerprint density at radius 2 is 1.53 bits per heavy atom. The van der Waals surface area contributed by atoms with Gasteiger partial charge in [-0.15, -0.1) is 0 Å². The fraction of sp³-hybridized carbons (Fsp3) is 1.00. The van der Waals surface area contributed by atoms with E-state index in [1.165, 1.54) is 0 Å². The first-order valence-corrected chi connectivity index (χ1v) is 8.46. The summed E-state index contributed by atoms with van der Waals surface area (Å²) >= 11 is 3.60. The summed E-state index contributed by atoms with van der Waals surface area (Å²) in [6.45, 7) is 4.43. The first kappa shape index (κ1) is 17.6. The fourth-order valence-electron chi connectivity index (χ4n) is 1.16. The third-order valence-electron chi connectivity index (χ3n) is 2.39. The summed E-state index contributed by atoms with van der Waals surface area (Å²) < 4.78 is 0. The maximum absolute atomic E-state index is 9.15. The zero-order valence-electron chi connectivity index (χ0n) is 10.8. The number of rotatable bonds is 11. The van der Waals surface area contributed by atoms with Crippen molar-refractivity contribution in [2.24, 2.45) is 11.8 Å². The van der Waals surface area contributed by atoms with Gasteiger partial charge in [-0.05, 0) is 35.5 Å². The van der Waals surface area contributed by atoms with Crippen LogP contribution in [0.1, 0.15) is 20.3 Å². The Morgan fingerprint density at radius 3 is 2.12 bits per heavy atom. The van der Waals surface area contributed by atoms with Crippen molar-refractivity contribution in [1.82, 2.24) is 0 Å². The van der Waals surface area contributed by atoms with Gasteiger partial charge in [0.1, 0.15) is 0 Å². The van der Waals surface area contributed by atoms with E-state index < -0.39 is 6.10 Å². The lowest BCUT2D eigenvalue weighted by atomic mass is 10.2. The van der Waals surface area contributed by atoms with Crippen molar-refractivity contribution in [3.63, 3.8) is 0 Å². The molecule has 3 N–H and O–H groups in total. The van der Waals surface area contributed by atoms with Crippen molar-refractivity contribution >= 4 is 23.5 Å². The number of hydrogen-bond donors (Lipinski definition) is 3. The van der Waals surface area contributed by atoms with Gasteiger partial charge in [-0.3, -0.25) is 0 Å². The highest BCUT2D eigenvalue weighted by Crippen LogP contribution is 2.17. The molecule has 5 heteroatoms. The van der Waals surface area contributed by atoms with Gasteiger partial charge in [0.25, 0.3) is 0 Å².